The number of fused-ring (bicyclic) bond motifs is 2. The molecule has 0 saturated carbocycles. The fourth-order valence-electron chi connectivity index (χ4n) is 4.20. The van der Waals surface area contributed by atoms with Crippen LogP contribution in [0.2, 0.25) is 0 Å². The first-order valence-electron chi connectivity index (χ1n) is 10.3. The Bertz CT molecular complexity index is 1520. The minimum atomic E-state index is -0.915. The van der Waals surface area contributed by atoms with E-state index in [0.29, 0.717) is 16.7 Å². The first kappa shape index (κ1) is 19.0. The molecule has 1 aliphatic heterocycles. The van der Waals surface area contributed by atoms with Gasteiger partial charge in [0.15, 0.2) is 11.5 Å². The second-order valence-corrected chi connectivity index (χ2v) is 7.68. The first-order chi connectivity index (χ1) is 16.1. The summed E-state index contributed by atoms with van der Waals surface area (Å²) in [6.07, 6.45) is 3.13. The first-order valence-corrected chi connectivity index (χ1v) is 10.3. The molecule has 0 aliphatic carbocycles. The van der Waals surface area contributed by atoms with Crippen LogP contribution in [0, 0.1) is 0 Å². The Hall–Kier alpha value is -4.72. The van der Waals surface area contributed by atoms with E-state index in [2.05, 4.69) is 15.0 Å². The number of anilines is 1. The quantitative estimate of drug-likeness (QED) is 0.402. The van der Waals surface area contributed by atoms with Gasteiger partial charge in [-0.3, -0.25) is 19.5 Å². The zero-order chi connectivity index (χ0) is 22.5. The van der Waals surface area contributed by atoms with Crippen LogP contribution in [0.5, 0.6) is 0 Å². The summed E-state index contributed by atoms with van der Waals surface area (Å²) >= 11 is 0. The molecule has 1 amide bonds. The van der Waals surface area contributed by atoms with Crippen molar-refractivity contribution in [3.63, 3.8) is 0 Å². The van der Waals surface area contributed by atoms with Gasteiger partial charge >= 0.3 is 0 Å². The van der Waals surface area contributed by atoms with Gasteiger partial charge in [0, 0.05) is 17.8 Å². The number of hydrogen-bond acceptors (Lipinski definition) is 6. The van der Waals surface area contributed by atoms with Crippen molar-refractivity contribution in [2.45, 2.75) is 6.04 Å². The van der Waals surface area contributed by atoms with Gasteiger partial charge < -0.3 is 14.5 Å². The second kappa shape index (κ2) is 7.16. The zero-order valence-electron chi connectivity index (χ0n) is 17.1. The molecule has 8 heteroatoms. The normalized spacial score (nSPS) is 16.3. The van der Waals surface area contributed by atoms with Crippen molar-refractivity contribution in [2.24, 2.45) is 0 Å². The number of aliphatic hydroxyl groups is 1. The number of aliphatic hydroxyl groups excluding tert-OH is 1. The number of carbonyl (C=O) groups is 2. The summed E-state index contributed by atoms with van der Waals surface area (Å²) in [7, 11) is 0. The maximum atomic E-state index is 13.6. The van der Waals surface area contributed by atoms with Gasteiger partial charge in [0.1, 0.15) is 5.58 Å². The molecule has 0 spiro atoms. The smallest absolute Gasteiger partial charge is 0.296 e. The Morgan fingerprint density at radius 3 is 2.58 bits per heavy atom. The number of para-hydroxylation sites is 3. The Balaban J connectivity index is 1.51. The van der Waals surface area contributed by atoms with Gasteiger partial charge in [-0.1, -0.05) is 30.3 Å². The summed E-state index contributed by atoms with van der Waals surface area (Å²) in [6.45, 7) is 0. The molecule has 8 nitrogen and oxygen atoms in total. The van der Waals surface area contributed by atoms with Crippen molar-refractivity contribution in [3.8, 4) is 0 Å². The number of benzene rings is 2. The number of pyridine rings is 1. The number of amides is 1. The average molecular weight is 436 g/mol. The summed E-state index contributed by atoms with van der Waals surface area (Å²) < 4.78 is 5.74. The van der Waals surface area contributed by atoms with Crippen molar-refractivity contribution in [1.82, 2.24) is 15.0 Å². The summed E-state index contributed by atoms with van der Waals surface area (Å²) in [4.78, 5) is 39.8. The molecule has 1 atom stereocenters. The van der Waals surface area contributed by atoms with E-state index in [1.54, 1.807) is 42.7 Å². The molecule has 0 radical (unpaired) electrons. The number of rotatable bonds is 4. The lowest BCUT2D eigenvalue weighted by Gasteiger charge is -2.24. The Kier molecular flexibility index (Phi) is 4.13. The molecule has 1 aliphatic rings. The molecule has 0 fully saturated rings. The molecule has 3 aromatic heterocycles. The van der Waals surface area contributed by atoms with Crippen LogP contribution in [-0.4, -0.2) is 31.7 Å². The lowest BCUT2D eigenvalue weighted by Crippen LogP contribution is -2.32. The number of H-pyrrole nitrogens is 1. The molecule has 6 rings (SSSR count). The molecule has 4 heterocycles. The summed E-state index contributed by atoms with van der Waals surface area (Å²) in [5.41, 5.74) is 2.45. The van der Waals surface area contributed by atoms with Crippen LogP contribution >= 0.6 is 0 Å². The van der Waals surface area contributed by atoms with Gasteiger partial charge in [0.2, 0.25) is 11.7 Å². The Labute approximate surface area is 186 Å². The highest BCUT2D eigenvalue weighted by atomic mass is 16.3. The van der Waals surface area contributed by atoms with E-state index in [1.807, 2.05) is 36.4 Å². The number of Topliss-reactive ketones (excluding diaryl/α,β-unsaturated/α-hetero) is 1. The molecule has 0 saturated heterocycles. The lowest BCUT2D eigenvalue weighted by atomic mass is 9.96. The SMILES string of the molecule is O=C(C1=C(O)C(=O)N(c2nc3ccccc3[nH]2)C1c1ccncc1)c1cc2ccccc2o1. The number of aromatic amines is 1. The number of hydrogen-bond donors (Lipinski definition) is 2. The topological polar surface area (TPSA) is 112 Å². The maximum Gasteiger partial charge on any atom is 0.296 e. The molecule has 2 aromatic carbocycles. The monoisotopic (exact) mass is 436 g/mol. The number of furan rings is 1. The minimum absolute atomic E-state index is 0.0380. The zero-order valence-corrected chi connectivity index (χ0v) is 17.1. The third kappa shape index (κ3) is 2.92. The Morgan fingerprint density at radius 1 is 1.03 bits per heavy atom. The highest BCUT2D eigenvalue weighted by molar-refractivity contribution is 6.20. The highest BCUT2D eigenvalue weighted by Crippen LogP contribution is 2.41. The van der Waals surface area contributed by atoms with E-state index >= 15 is 0 Å². The number of nitrogens with zero attached hydrogens (tertiary/aromatic N) is 3. The van der Waals surface area contributed by atoms with E-state index < -0.39 is 23.5 Å². The molecule has 160 valence electrons. The van der Waals surface area contributed by atoms with Crippen molar-refractivity contribution in [1.29, 1.82) is 0 Å². The van der Waals surface area contributed by atoms with Crippen LogP contribution in [0.15, 0.2) is 94.9 Å². The molecule has 0 bridgehead atoms. The van der Waals surface area contributed by atoms with Crippen LogP contribution < -0.4 is 4.90 Å². The molecule has 1 unspecified atom stereocenters. The summed E-state index contributed by atoms with van der Waals surface area (Å²) in [5, 5.41) is 11.6. The van der Waals surface area contributed by atoms with Gasteiger partial charge in [0.25, 0.3) is 5.91 Å². The van der Waals surface area contributed by atoms with E-state index in [9.17, 15) is 14.7 Å². The molecule has 5 aromatic rings. The largest absolute Gasteiger partial charge is 0.503 e. The average Bonchev–Trinajstić information content (AvgIpc) is 3.53. The number of aromatic nitrogens is 3. The van der Waals surface area contributed by atoms with Crippen molar-refractivity contribution < 1.29 is 19.1 Å². The predicted octanol–water partition coefficient (Wildman–Crippen LogP) is 4.49. The predicted molar refractivity (Wildman–Crippen MR) is 121 cm³/mol. The van der Waals surface area contributed by atoms with Crippen LogP contribution in [-0.2, 0) is 4.79 Å². The number of ketones is 1. The standard InChI is InChI=1S/C25H16N4O4/c30-22(19-13-15-5-1-4-8-18(15)33-19)20-21(14-9-11-26-12-10-14)29(24(32)23(20)31)25-27-16-6-2-3-7-17(16)28-25/h1-13,21,31H,(H,27,28). The number of carbonyl (C=O) groups excluding carboxylic acids is 2. The number of nitrogens with one attached hydrogen (secondary N) is 1. The van der Waals surface area contributed by atoms with Crippen LogP contribution in [0.25, 0.3) is 22.0 Å². The minimum Gasteiger partial charge on any atom is -0.503 e. The molecule has 33 heavy (non-hydrogen) atoms. The lowest BCUT2D eigenvalue weighted by molar-refractivity contribution is -0.117. The van der Waals surface area contributed by atoms with Gasteiger partial charge in [-0.2, -0.15) is 0 Å². The van der Waals surface area contributed by atoms with Gasteiger partial charge in [0.05, 0.1) is 22.6 Å². The van der Waals surface area contributed by atoms with Crippen molar-refractivity contribution in [3.05, 3.63) is 102 Å². The maximum absolute atomic E-state index is 13.6. The van der Waals surface area contributed by atoms with E-state index in [4.69, 9.17) is 4.42 Å². The van der Waals surface area contributed by atoms with Gasteiger partial charge in [-0.25, -0.2) is 4.98 Å². The Morgan fingerprint density at radius 2 is 1.79 bits per heavy atom. The summed E-state index contributed by atoms with van der Waals surface area (Å²) in [6, 6.07) is 18.6. The van der Waals surface area contributed by atoms with Crippen LogP contribution in [0.4, 0.5) is 5.95 Å². The van der Waals surface area contributed by atoms with E-state index in [-0.39, 0.29) is 17.3 Å². The van der Waals surface area contributed by atoms with Gasteiger partial charge in [-0.15, -0.1) is 0 Å². The third-order valence-electron chi connectivity index (χ3n) is 5.73. The number of imidazole rings is 1. The third-order valence-corrected chi connectivity index (χ3v) is 5.73. The summed E-state index contributed by atoms with van der Waals surface area (Å²) in [5.74, 6) is -1.67. The van der Waals surface area contributed by atoms with Crippen LogP contribution in [0.3, 0.4) is 0 Å². The van der Waals surface area contributed by atoms with E-state index in [1.165, 1.54) is 4.90 Å². The molecular weight excluding hydrogens is 420 g/mol. The van der Waals surface area contributed by atoms with Crippen molar-refractivity contribution >= 4 is 39.6 Å². The molecular formula is C25H16N4O4. The van der Waals surface area contributed by atoms with Crippen LogP contribution in [0.1, 0.15) is 22.2 Å². The van der Waals surface area contributed by atoms with Crippen molar-refractivity contribution in [2.75, 3.05) is 4.90 Å². The fourth-order valence-corrected chi connectivity index (χ4v) is 4.20. The van der Waals surface area contributed by atoms with E-state index in [0.717, 1.165) is 10.9 Å². The second-order valence-electron chi connectivity index (χ2n) is 7.68. The highest BCUT2D eigenvalue weighted by Gasteiger charge is 2.46. The fraction of sp³-hybridized carbons (Fsp3) is 0.0400. The molecule has 2 N–H and O–H groups in total. The van der Waals surface area contributed by atoms with Gasteiger partial charge in [-0.05, 0) is 42.0 Å².